The number of carbonyl (C=O) groups is 2. The van der Waals surface area contributed by atoms with Crippen LogP contribution in [0.3, 0.4) is 0 Å². The van der Waals surface area contributed by atoms with Crippen molar-refractivity contribution in [2.45, 2.75) is 64.4 Å². The lowest BCUT2D eigenvalue weighted by molar-refractivity contribution is -0.141. The molecule has 0 heterocycles. The number of rotatable bonds is 11. The molecular formula is C27H34O6. The molecule has 0 bridgehead atoms. The quantitative estimate of drug-likeness (QED) is 0.284. The maximum atomic E-state index is 12.6. The molecule has 2 aromatic carbocycles. The van der Waals surface area contributed by atoms with Gasteiger partial charge in [0, 0.05) is 13.2 Å². The summed E-state index contributed by atoms with van der Waals surface area (Å²) in [7, 11) is 0. The van der Waals surface area contributed by atoms with E-state index in [1.54, 1.807) is 30.3 Å². The number of aryl methyl sites for hydroxylation is 1. The zero-order valence-electron chi connectivity index (χ0n) is 19.3. The number of carbonyl (C=O) groups excluding carboxylic acids is 2. The van der Waals surface area contributed by atoms with Crippen LogP contribution < -0.4 is 9.47 Å². The van der Waals surface area contributed by atoms with E-state index in [9.17, 15) is 9.59 Å². The molecule has 0 radical (unpaired) electrons. The molecule has 0 saturated heterocycles. The van der Waals surface area contributed by atoms with Crippen LogP contribution in [0, 0.1) is 12.8 Å². The van der Waals surface area contributed by atoms with E-state index in [0.717, 1.165) is 63.5 Å². The Kier molecular flexibility index (Phi) is 9.91. The highest BCUT2D eigenvalue weighted by molar-refractivity contribution is 5.91. The smallest absolute Gasteiger partial charge is 0.343 e. The standard InChI is InChI=1S/C27H34O6/c1-20-8-4-5-9-25(20)33-27(30)22-12-16-24(17-13-22)32-26(29)21-10-14-23(15-11-21)31-19-7-3-2-6-18-28/h4-5,8-9,12-13,16-17,21,23,28H,2-3,6-7,10-11,14-15,18-19H2,1H3. The van der Waals surface area contributed by atoms with Crippen LogP contribution in [0.4, 0.5) is 0 Å². The van der Waals surface area contributed by atoms with Gasteiger partial charge in [-0.1, -0.05) is 31.0 Å². The summed E-state index contributed by atoms with van der Waals surface area (Å²) in [5.41, 5.74) is 1.28. The van der Waals surface area contributed by atoms with E-state index in [4.69, 9.17) is 19.3 Å². The minimum atomic E-state index is -0.450. The van der Waals surface area contributed by atoms with Gasteiger partial charge in [-0.15, -0.1) is 0 Å². The number of hydrogen-bond donors (Lipinski definition) is 1. The molecule has 1 saturated carbocycles. The lowest BCUT2D eigenvalue weighted by Gasteiger charge is -2.27. The Bertz CT molecular complexity index is 884. The molecular weight excluding hydrogens is 420 g/mol. The van der Waals surface area contributed by atoms with Crippen molar-refractivity contribution in [3.05, 3.63) is 59.7 Å². The second-order valence-electron chi connectivity index (χ2n) is 8.58. The minimum absolute atomic E-state index is 0.125. The Morgan fingerprint density at radius 1 is 0.879 bits per heavy atom. The summed E-state index contributed by atoms with van der Waals surface area (Å²) >= 11 is 0. The molecule has 2 aromatic rings. The predicted octanol–water partition coefficient (Wildman–Crippen LogP) is 5.25. The fraction of sp³-hybridized carbons (Fsp3) is 0.481. The lowest BCUT2D eigenvalue weighted by atomic mass is 9.87. The Labute approximate surface area is 195 Å². The molecule has 6 heteroatoms. The molecule has 1 N–H and O–H groups in total. The largest absolute Gasteiger partial charge is 0.426 e. The Hall–Kier alpha value is -2.70. The van der Waals surface area contributed by atoms with Crippen LogP contribution in [0.25, 0.3) is 0 Å². The van der Waals surface area contributed by atoms with Gasteiger partial charge >= 0.3 is 11.9 Å². The molecule has 0 spiro atoms. The van der Waals surface area contributed by atoms with Crippen LogP contribution in [-0.4, -0.2) is 36.4 Å². The normalized spacial score (nSPS) is 18.0. The van der Waals surface area contributed by atoms with E-state index >= 15 is 0 Å². The van der Waals surface area contributed by atoms with Crippen molar-refractivity contribution in [3.63, 3.8) is 0 Å². The third-order valence-corrected chi connectivity index (χ3v) is 6.02. The molecule has 0 atom stereocenters. The average molecular weight is 455 g/mol. The highest BCUT2D eigenvalue weighted by Crippen LogP contribution is 2.28. The van der Waals surface area contributed by atoms with Gasteiger partial charge in [0.25, 0.3) is 0 Å². The van der Waals surface area contributed by atoms with Crippen LogP contribution in [0.2, 0.25) is 0 Å². The number of benzene rings is 2. The van der Waals surface area contributed by atoms with Gasteiger partial charge < -0.3 is 19.3 Å². The van der Waals surface area contributed by atoms with Gasteiger partial charge in [0.15, 0.2) is 0 Å². The summed E-state index contributed by atoms with van der Waals surface area (Å²) in [6.07, 6.45) is 7.43. The summed E-state index contributed by atoms with van der Waals surface area (Å²) in [5.74, 6) is 0.148. The summed E-state index contributed by atoms with van der Waals surface area (Å²) in [6.45, 7) is 2.88. The first kappa shape index (κ1) is 24.9. The van der Waals surface area contributed by atoms with Gasteiger partial charge in [0.2, 0.25) is 0 Å². The van der Waals surface area contributed by atoms with E-state index in [0.29, 0.717) is 17.1 Å². The first-order chi connectivity index (χ1) is 16.1. The number of para-hydroxylation sites is 1. The maximum absolute atomic E-state index is 12.6. The molecule has 0 amide bonds. The van der Waals surface area contributed by atoms with E-state index in [2.05, 4.69) is 0 Å². The fourth-order valence-corrected chi connectivity index (χ4v) is 3.97. The third-order valence-electron chi connectivity index (χ3n) is 6.02. The van der Waals surface area contributed by atoms with Gasteiger partial charge in [-0.2, -0.15) is 0 Å². The van der Waals surface area contributed by atoms with E-state index < -0.39 is 5.97 Å². The molecule has 0 aliphatic heterocycles. The van der Waals surface area contributed by atoms with Crippen molar-refractivity contribution < 1.29 is 28.9 Å². The number of unbranched alkanes of at least 4 members (excludes halogenated alkanes) is 3. The second-order valence-corrected chi connectivity index (χ2v) is 8.58. The van der Waals surface area contributed by atoms with Crippen LogP contribution in [0.5, 0.6) is 11.5 Å². The molecule has 3 rings (SSSR count). The predicted molar refractivity (Wildman–Crippen MR) is 125 cm³/mol. The summed E-state index contributed by atoms with van der Waals surface area (Å²) in [5, 5.41) is 8.79. The zero-order chi connectivity index (χ0) is 23.5. The van der Waals surface area contributed by atoms with Crippen molar-refractivity contribution in [1.29, 1.82) is 0 Å². The van der Waals surface area contributed by atoms with Crippen molar-refractivity contribution >= 4 is 11.9 Å². The van der Waals surface area contributed by atoms with Gasteiger partial charge in [-0.25, -0.2) is 4.79 Å². The number of aliphatic hydroxyl groups is 1. The highest BCUT2D eigenvalue weighted by Gasteiger charge is 2.28. The molecule has 33 heavy (non-hydrogen) atoms. The number of aliphatic hydroxyl groups excluding tert-OH is 1. The average Bonchev–Trinajstić information content (AvgIpc) is 2.83. The van der Waals surface area contributed by atoms with Crippen molar-refractivity contribution in [1.82, 2.24) is 0 Å². The maximum Gasteiger partial charge on any atom is 0.343 e. The fourth-order valence-electron chi connectivity index (χ4n) is 3.97. The highest BCUT2D eigenvalue weighted by atomic mass is 16.5. The Morgan fingerprint density at radius 2 is 1.58 bits per heavy atom. The van der Waals surface area contributed by atoms with Gasteiger partial charge in [0.05, 0.1) is 17.6 Å². The minimum Gasteiger partial charge on any atom is -0.426 e. The van der Waals surface area contributed by atoms with Gasteiger partial charge in [0.1, 0.15) is 11.5 Å². The molecule has 1 fully saturated rings. The molecule has 178 valence electrons. The van der Waals surface area contributed by atoms with Gasteiger partial charge in [-0.05, 0) is 81.3 Å². The third kappa shape index (κ3) is 7.98. The summed E-state index contributed by atoms with van der Waals surface area (Å²) in [4.78, 5) is 24.9. The van der Waals surface area contributed by atoms with Crippen molar-refractivity contribution in [2.75, 3.05) is 13.2 Å². The van der Waals surface area contributed by atoms with Crippen LogP contribution >= 0.6 is 0 Å². The summed E-state index contributed by atoms with van der Waals surface area (Å²) in [6, 6.07) is 13.8. The first-order valence-electron chi connectivity index (χ1n) is 11.9. The monoisotopic (exact) mass is 454 g/mol. The Balaban J connectivity index is 1.39. The molecule has 1 aliphatic carbocycles. The van der Waals surface area contributed by atoms with E-state index in [-0.39, 0.29) is 24.6 Å². The van der Waals surface area contributed by atoms with Crippen molar-refractivity contribution in [2.24, 2.45) is 5.92 Å². The van der Waals surface area contributed by atoms with Crippen LogP contribution in [0.15, 0.2) is 48.5 Å². The lowest BCUT2D eigenvalue weighted by Crippen LogP contribution is -2.29. The number of hydrogen-bond acceptors (Lipinski definition) is 6. The Morgan fingerprint density at radius 3 is 2.27 bits per heavy atom. The molecule has 0 unspecified atom stereocenters. The second kappa shape index (κ2) is 13.1. The first-order valence-corrected chi connectivity index (χ1v) is 11.9. The van der Waals surface area contributed by atoms with E-state index in [1.807, 2.05) is 25.1 Å². The van der Waals surface area contributed by atoms with Crippen molar-refractivity contribution in [3.8, 4) is 11.5 Å². The van der Waals surface area contributed by atoms with E-state index in [1.165, 1.54) is 0 Å². The SMILES string of the molecule is Cc1ccccc1OC(=O)c1ccc(OC(=O)C2CCC(OCCCCCCO)CC2)cc1. The summed E-state index contributed by atoms with van der Waals surface area (Å²) < 4.78 is 16.9. The molecule has 0 aromatic heterocycles. The topological polar surface area (TPSA) is 82.1 Å². The molecule has 1 aliphatic rings. The number of esters is 2. The molecule has 6 nitrogen and oxygen atoms in total. The van der Waals surface area contributed by atoms with Crippen LogP contribution in [-0.2, 0) is 9.53 Å². The van der Waals surface area contributed by atoms with Gasteiger partial charge in [-0.3, -0.25) is 4.79 Å². The van der Waals surface area contributed by atoms with Crippen LogP contribution in [0.1, 0.15) is 67.3 Å². The zero-order valence-corrected chi connectivity index (χ0v) is 19.3. The number of ether oxygens (including phenoxy) is 3.